The van der Waals surface area contributed by atoms with E-state index in [0.29, 0.717) is 18.9 Å². The highest BCUT2D eigenvalue weighted by atomic mass is 32.2. The van der Waals surface area contributed by atoms with Crippen molar-refractivity contribution in [2.45, 2.75) is 45.2 Å². The van der Waals surface area contributed by atoms with Gasteiger partial charge in [-0.2, -0.15) is 0 Å². The number of rotatable bonds is 8. The molecule has 0 radical (unpaired) electrons. The molecule has 5 nitrogen and oxygen atoms in total. The Bertz CT molecular complexity index is 671. The number of thiophene rings is 1. The van der Waals surface area contributed by atoms with Gasteiger partial charge in [0.25, 0.3) is 0 Å². The van der Waals surface area contributed by atoms with Crippen molar-refractivity contribution in [3.63, 3.8) is 0 Å². The standard InChI is InChI=1S/C16H23N3O2S2/c1-10(2)21-7-5-6-17-13(20)8-22-15-14-11(3)12(4)23-16(14)19-9-18-15/h9-10H,5-8H2,1-4H3,(H,17,20). The van der Waals surface area contributed by atoms with Crippen LogP contribution in [0.1, 0.15) is 30.7 Å². The van der Waals surface area contributed by atoms with Crippen LogP contribution in [0.5, 0.6) is 0 Å². The molecule has 0 atom stereocenters. The molecule has 0 aliphatic rings. The molecule has 0 spiro atoms. The van der Waals surface area contributed by atoms with E-state index in [2.05, 4.69) is 29.1 Å². The number of hydrogen-bond donors (Lipinski definition) is 1. The first-order valence-electron chi connectivity index (χ1n) is 7.70. The van der Waals surface area contributed by atoms with Crippen molar-refractivity contribution >= 4 is 39.2 Å². The number of aryl methyl sites for hydroxylation is 2. The maximum Gasteiger partial charge on any atom is 0.230 e. The number of fused-ring (bicyclic) bond motifs is 1. The predicted molar refractivity (Wildman–Crippen MR) is 96.3 cm³/mol. The van der Waals surface area contributed by atoms with Crippen LogP contribution in [-0.2, 0) is 9.53 Å². The Labute approximate surface area is 145 Å². The van der Waals surface area contributed by atoms with Crippen molar-refractivity contribution in [2.75, 3.05) is 18.9 Å². The summed E-state index contributed by atoms with van der Waals surface area (Å²) >= 11 is 3.14. The van der Waals surface area contributed by atoms with Crippen LogP contribution in [0.25, 0.3) is 10.2 Å². The van der Waals surface area contributed by atoms with Crippen LogP contribution in [0, 0.1) is 13.8 Å². The lowest BCUT2D eigenvalue weighted by atomic mass is 10.2. The molecule has 0 aromatic carbocycles. The lowest BCUT2D eigenvalue weighted by Gasteiger charge is -2.08. The maximum atomic E-state index is 11.9. The summed E-state index contributed by atoms with van der Waals surface area (Å²) in [5.41, 5.74) is 1.21. The third kappa shape index (κ3) is 5.16. The third-order valence-electron chi connectivity index (χ3n) is 3.37. The molecule has 23 heavy (non-hydrogen) atoms. The quantitative estimate of drug-likeness (QED) is 0.448. The molecule has 1 amide bonds. The third-order valence-corrected chi connectivity index (χ3v) is 5.47. The Kier molecular flexibility index (Phi) is 6.80. The summed E-state index contributed by atoms with van der Waals surface area (Å²) in [7, 11) is 0. The topological polar surface area (TPSA) is 64.1 Å². The molecule has 0 aliphatic heterocycles. The van der Waals surface area contributed by atoms with Gasteiger partial charge in [-0.1, -0.05) is 11.8 Å². The minimum atomic E-state index is 0.0240. The highest BCUT2D eigenvalue weighted by Gasteiger charge is 2.13. The Balaban J connectivity index is 1.83. The van der Waals surface area contributed by atoms with Crippen molar-refractivity contribution in [1.82, 2.24) is 15.3 Å². The van der Waals surface area contributed by atoms with Gasteiger partial charge in [-0.05, 0) is 39.7 Å². The van der Waals surface area contributed by atoms with Crippen molar-refractivity contribution in [3.8, 4) is 0 Å². The summed E-state index contributed by atoms with van der Waals surface area (Å²) in [6, 6.07) is 0. The zero-order valence-electron chi connectivity index (χ0n) is 14.0. The fraction of sp³-hybridized carbons (Fsp3) is 0.562. The second-order valence-electron chi connectivity index (χ2n) is 5.55. The van der Waals surface area contributed by atoms with Gasteiger partial charge in [0.1, 0.15) is 16.2 Å². The summed E-state index contributed by atoms with van der Waals surface area (Å²) in [5, 5.41) is 4.88. The number of amides is 1. The molecule has 0 bridgehead atoms. The van der Waals surface area contributed by atoms with Crippen LogP contribution in [0.15, 0.2) is 11.4 Å². The SMILES string of the molecule is Cc1sc2ncnc(SCC(=O)NCCCOC(C)C)c2c1C. The van der Waals surface area contributed by atoms with Crippen molar-refractivity contribution < 1.29 is 9.53 Å². The van der Waals surface area contributed by atoms with E-state index in [0.717, 1.165) is 21.7 Å². The summed E-state index contributed by atoms with van der Waals surface area (Å²) in [5.74, 6) is 0.391. The van der Waals surface area contributed by atoms with E-state index in [1.807, 2.05) is 13.8 Å². The minimum absolute atomic E-state index is 0.0240. The Morgan fingerprint density at radius 2 is 2.17 bits per heavy atom. The van der Waals surface area contributed by atoms with E-state index in [1.54, 1.807) is 17.7 Å². The summed E-state index contributed by atoms with van der Waals surface area (Å²) in [4.78, 5) is 22.8. The van der Waals surface area contributed by atoms with E-state index in [-0.39, 0.29) is 12.0 Å². The number of thioether (sulfide) groups is 1. The number of aromatic nitrogens is 2. The van der Waals surface area contributed by atoms with Crippen molar-refractivity contribution in [3.05, 3.63) is 16.8 Å². The summed E-state index contributed by atoms with van der Waals surface area (Å²) in [6.45, 7) is 9.49. The molecule has 2 aromatic heterocycles. The van der Waals surface area contributed by atoms with Gasteiger partial charge in [0.05, 0.1) is 11.9 Å². The fourth-order valence-corrected chi connectivity index (χ4v) is 4.01. The average Bonchev–Trinajstić information content (AvgIpc) is 2.80. The number of nitrogens with one attached hydrogen (secondary N) is 1. The summed E-state index contributed by atoms with van der Waals surface area (Å²) < 4.78 is 5.44. The molecule has 126 valence electrons. The first-order chi connectivity index (χ1) is 11.0. The van der Waals surface area contributed by atoms with E-state index >= 15 is 0 Å². The Morgan fingerprint density at radius 1 is 1.39 bits per heavy atom. The molecule has 2 aromatic rings. The molecule has 2 heterocycles. The zero-order chi connectivity index (χ0) is 16.8. The van der Waals surface area contributed by atoms with Crippen LogP contribution in [0.4, 0.5) is 0 Å². The number of carbonyl (C=O) groups is 1. The summed E-state index contributed by atoms with van der Waals surface area (Å²) in [6.07, 6.45) is 2.63. The van der Waals surface area contributed by atoms with Gasteiger partial charge in [-0.15, -0.1) is 11.3 Å². The minimum Gasteiger partial charge on any atom is -0.379 e. The van der Waals surface area contributed by atoms with Crippen LogP contribution >= 0.6 is 23.1 Å². The first kappa shape index (κ1) is 18.2. The molecular formula is C16H23N3O2S2. The second-order valence-corrected chi connectivity index (χ2v) is 7.72. The molecule has 0 saturated heterocycles. The van der Waals surface area contributed by atoms with E-state index in [1.165, 1.54) is 22.2 Å². The predicted octanol–water partition coefficient (Wildman–Crippen LogP) is 3.33. The number of carbonyl (C=O) groups excluding carboxylic acids is 1. The van der Waals surface area contributed by atoms with Crippen LogP contribution in [-0.4, -0.2) is 40.9 Å². The molecular weight excluding hydrogens is 330 g/mol. The molecule has 2 rings (SSSR count). The van der Waals surface area contributed by atoms with Crippen molar-refractivity contribution in [1.29, 1.82) is 0 Å². The normalized spacial score (nSPS) is 11.3. The van der Waals surface area contributed by atoms with Crippen LogP contribution in [0.3, 0.4) is 0 Å². The number of nitrogens with zero attached hydrogens (tertiary/aromatic N) is 2. The first-order valence-corrected chi connectivity index (χ1v) is 9.51. The highest BCUT2D eigenvalue weighted by Crippen LogP contribution is 2.34. The highest BCUT2D eigenvalue weighted by molar-refractivity contribution is 8.00. The molecule has 0 fully saturated rings. The molecule has 0 aliphatic carbocycles. The van der Waals surface area contributed by atoms with Gasteiger partial charge in [0.2, 0.25) is 5.91 Å². The maximum absolute atomic E-state index is 11.9. The van der Waals surface area contributed by atoms with Crippen LogP contribution < -0.4 is 5.32 Å². The molecule has 1 N–H and O–H groups in total. The van der Waals surface area contributed by atoms with Gasteiger partial charge in [-0.25, -0.2) is 9.97 Å². The van der Waals surface area contributed by atoms with E-state index in [9.17, 15) is 4.79 Å². The van der Waals surface area contributed by atoms with Gasteiger partial charge >= 0.3 is 0 Å². The monoisotopic (exact) mass is 353 g/mol. The fourth-order valence-electron chi connectivity index (χ4n) is 2.06. The lowest BCUT2D eigenvalue weighted by Crippen LogP contribution is -2.27. The lowest BCUT2D eigenvalue weighted by molar-refractivity contribution is -0.118. The largest absolute Gasteiger partial charge is 0.379 e. The Morgan fingerprint density at radius 3 is 2.91 bits per heavy atom. The smallest absolute Gasteiger partial charge is 0.230 e. The average molecular weight is 354 g/mol. The Hall–Kier alpha value is -1.18. The van der Waals surface area contributed by atoms with E-state index in [4.69, 9.17) is 4.74 Å². The van der Waals surface area contributed by atoms with E-state index < -0.39 is 0 Å². The van der Waals surface area contributed by atoms with Gasteiger partial charge < -0.3 is 10.1 Å². The van der Waals surface area contributed by atoms with Gasteiger partial charge in [0, 0.05) is 23.4 Å². The van der Waals surface area contributed by atoms with Crippen molar-refractivity contribution in [2.24, 2.45) is 0 Å². The molecule has 0 unspecified atom stereocenters. The number of ether oxygens (including phenoxy) is 1. The van der Waals surface area contributed by atoms with Gasteiger partial charge in [0.15, 0.2) is 0 Å². The number of hydrogen-bond acceptors (Lipinski definition) is 6. The zero-order valence-corrected chi connectivity index (χ0v) is 15.6. The molecule has 7 heteroatoms. The van der Waals surface area contributed by atoms with Crippen LogP contribution in [0.2, 0.25) is 0 Å². The molecule has 0 saturated carbocycles. The van der Waals surface area contributed by atoms with Gasteiger partial charge in [-0.3, -0.25) is 4.79 Å². The second kappa shape index (κ2) is 8.61.